The summed E-state index contributed by atoms with van der Waals surface area (Å²) in [5.41, 5.74) is 4.13. The van der Waals surface area contributed by atoms with Crippen LogP contribution < -0.4 is 5.32 Å². The van der Waals surface area contributed by atoms with Crippen LogP contribution in [0, 0.1) is 19.8 Å². The lowest BCUT2D eigenvalue weighted by molar-refractivity contribution is 0.520. The van der Waals surface area contributed by atoms with Crippen molar-refractivity contribution in [3.63, 3.8) is 0 Å². The highest BCUT2D eigenvalue weighted by atomic mass is 14.8. The highest BCUT2D eigenvalue weighted by molar-refractivity contribution is 5.28. The topological polar surface area (TPSA) is 12.0 Å². The molecule has 1 N–H and O–H groups in total. The van der Waals surface area contributed by atoms with Gasteiger partial charge in [-0.3, -0.25) is 0 Å². The van der Waals surface area contributed by atoms with E-state index >= 15 is 0 Å². The second kappa shape index (κ2) is 7.50. The second-order valence-electron chi connectivity index (χ2n) is 5.56. The van der Waals surface area contributed by atoms with Crippen molar-refractivity contribution in [3.8, 4) is 0 Å². The van der Waals surface area contributed by atoms with Crippen molar-refractivity contribution in [1.29, 1.82) is 0 Å². The number of benzene rings is 1. The van der Waals surface area contributed by atoms with Gasteiger partial charge in [-0.05, 0) is 38.3 Å². The van der Waals surface area contributed by atoms with Gasteiger partial charge in [-0.25, -0.2) is 0 Å². The van der Waals surface area contributed by atoms with E-state index in [0.717, 1.165) is 19.0 Å². The molecule has 0 aliphatic rings. The molecule has 0 unspecified atom stereocenters. The second-order valence-corrected chi connectivity index (χ2v) is 5.56. The molecule has 17 heavy (non-hydrogen) atoms. The van der Waals surface area contributed by atoms with Gasteiger partial charge in [-0.1, -0.05) is 56.0 Å². The first-order valence-corrected chi connectivity index (χ1v) is 6.86. The predicted octanol–water partition coefficient (Wildman–Crippen LogP) is 4.22. The van der Waals surface area contributed by atoms with Gasteiger partial charge < -0.3 is 5.32 Å². The fraction of sp³-hybridized carbons (Fsp3) is 0.625. The molecule has 0 atom stereocenters. The summed E-state index contributed by atoms with van der Waals surface area (Å²) >= 11 is 0. The molecule has 1 aromatic carbocycles. The minimum atomic E-state index is 0.842. The molecule has 0 radical (unpaired) electrons. The minimum Gasteiger partial charge on any atom is -0.313 e. The van der Waals surface area contributed by atoms with Crippen molar-refractivity contribution in [3.05, 3.63) is 34.9 Å². The standard InChI is InChI=1S/C16H27N/c1-13(2)7-5-6-8-17-12-16-10-14(3)9-15(4)11-16/h9-11,13,17H,5-8,12H2,1-4H3. The van der Waals surface area contributed by atoms with Crippen LogP contribution in [-0.2, 0) is 6.54 Å². The van der Waals surface area contributed by atoms with Crippen LogP contribution in [0.4, 0.5) is 0 Å². The van der Waals surface area contributed by atoms with Gasteiger partial charge in [-0.2, -0.15) is 0 Å². The number of rotatable bonds is 7. The van der Waals surface area contributed by atoms with E-state index in [1.807, 2.05) is 0 Å². The Morgan fingerprint density at radius 1 is 1.00 bits per heavy atom. The molecule has 0 saturated heterocycles. The lowest BCUT2D eigenvalue weighted by atomic mass is 10.1. The molecule has 0 amide bonds. The van der Waals surface area contributed by atoms with Crippen LogP contribution in [0.25, 0.3) is 0 Å². The molecule has 0 saturated carbocycles. The van der Waals surface area contributed by atoms with Crippen LogP contribution in [0.5, 0.6) is 0 Å². The van der Waals surface area contributed by atoms with Crippen molar-refractivity contribution in [1.82, 2.24) is 5.32 Å². The number of hydrogen-bond acceptors (Lipinski definition) is 1. The Balaban J connectivity index is 2.18. The highest BCUT2D eigenvalue weighted by Gasteiger charge is 1.97. The Morgan fingerprint density at radius 3 is 2.24 bits per heavy atom. The van der Waals surface area contributed by atoms with Crippen LogP contribution in [0.15, 0.2) is 18.2 Å². The summed E-state index contributed by atoms with van der Waals surface area (Å²) in [6.07, 6.45) is 3.99. The molecular weight excluding hydrogens is 206 g/mol. The average molecular weight is 233 g/mol. The van der Waals surface area contributed by atoms with E-state index in [9.17, 15) is 0 Å². The molecule has 0 aromatic heterocycles. The summed E-state index contributed by atoms with van der Waals surface area (Å²) < 4.78 is 0. The fourth-order valence-corrected chi connectivity index (χ4v) is 2.21. The first-order chi connectivity index (χ1) is 8.08. The van der Waals surface area contributed by atoms with Crippen molar-refractivity contribution in [2.45, 2.75) is 53.5 Å². The van der Waals surface area contributed by atoms with Gasteiger partial charge in [0.15, 0.2) is 0 Å². The van der Waals surface area contributed by atoms with Crippen molar-refractivity contribution >= 4 is 0 Å². The van der Waals surface area contributed by atoms with Gasteiger partial charge in [0.2, 0.25) is 0 Å². The molecule has 0 fully saturated rings. The predicted molar refractivity (Wildman–Crippen MR) is 76.3 cm³/mol. The monoisotopic (exact) mass is 233 g/mol. The highest BCUT2D eigenvalue weighted by Crippen LogP contribution is 2.09. The summed E-state index contributed by atoms with van der Waals surface area (Å²) in [6, 6.07) is 6.77. The average Bonchev–Trinajstić information content (AvgIpc) is 2.21. The Labute approximate surface area is 107 Å². The van der Waals surface area contributed by atoms with Crippen LogP contribution >= 0.6 is 0 Å². The third-order valence-electron chi connectivity index (χ3n) is 3.00. The fourth-order valence-electron chi connectivity index (χ4n) is 2.21. The summed E-state index contributed by atoms with van der Waals surface area (Å²) in [4.78, 5) is 0. The molecular formula is C16H27N. The zero-order valence-electron chi connectivity index (χ0n) is 11.8. The molecule has 1 nitrogen and oxygen atoms in total. The van der Waals surface area contributed by atoms with E-state index in [0.29, 0.717) is 0 Å². The first kappa shape index (κ1) is 14.2. The quantitative estimate of drug-likeness (QED) is 0.695. The van der Waals surface area contributed by atoms with E-state index in [-0.39, 0.29) is 0 Å². The van der Waals surface area contributed by atoms with Crippen molar-refractivity contribution in [2.75, 3.05) is 6.54 Å². The molecule has 1 heteroatoms. The molecule has 0 heterocycles. The van der Waals surface area contributed by atoms with Gasteiger partial charge >= 0.3 is 0 Å². The normalized spacial score (nSPS) is 11.1. The maximum atomic E-state index is 3.53. The van der Waals surface area contributed by atoms with Crippen LogP contribution in [0.1, 0.15) is 49.8 Å². The molecule has 0 spiro atoms. The van der Waals surface area contributed by atoms with E-state index in [1.165, 1.54) is 36.0 Å². The van der Waals surface area contributed by atoms with E-state index < -0.39 is 0 Å². The molecule has 0 aliphatic heterocycles. The maximum Gasteiger partial charge on any atom is 0.0205 e. The zero-order chi connectivity index (χ0) is 12.7. The van der Waals surface area contributed by atoms with Gasteiger partial charge in [-0.15, -0.1) is 0 Å². The number of hydrogen-bond donors (Lipinski definition) is 1. The van der Waals surface area contributed by atoms with Crippen LogP contribution in [0.2, 0.25) is 0 Å². The Kier molecular flexibility index (Phi) is 6.28. The smallest absolute Gasteiger partial charge is 0.0205 e. The van der Waals surface area contributed by atoms with Gasteiger partial charge in [0.25, 0.3) is 0 Å². The SMILES string of the molecule is Cc1cc(C)cc(CNCCCCC(C)C)c1. The number of aryl methyl sites for hydroxylation is 2. The molecule has 0 bridgehead atoms. The summed E-state index contributed by atoms with van der Waals surface area (Å²) in [7, 11) is 0. The summed E-state index contributed by atoms with van der Waals surface area (Å²) in [6.45, 7) is 11.1. The third kappa shape index (κ3) is 6.48. The minimum absolute atomic E-state index is 0.842. The van der Waals surface area contributed by atoms with Crippen molar-refractivity contribution in [2.24, 2.45) is 5.92 Å². The van der Waals surface area contributed by atoms with E-state index in [2.05, 4.69) is 51.2 Å². The summed E-state index contributed by atoms with van der Waals surface area (Å²) in [5, 5.41) is 3.53. The number of nitrogens with one attached hydrogen (secondary N) is 1. The Hall–Kier alpha value is -0.820. The maximum absolute atomic E-state index is 3.53. The molecule has 96 valence electrons. The molecule has 1 aromatic rings. The third-order valence-corrected chi connectivity index (χ3v) is 3.00. The van der Waals surface area contributed by atoms with E-state index in [4.69, 9.17) is 0 Å². The number of unbranched alkanes of at least 4 members (excludes halogenated alkanes) is 1. The van der Waals surface area contributed by atoms with Gasteiger partial charge in [0, 0.05) is 6.54 Å². The van der Waals surface area contributed by atoms with Gasteiger partial charge in [0.05, 0.1) is 0 Å². The largest absolute Gasteiger partial charge is 0.313 e. The van der Waals surface area contributed by atoms with Crippen LogP contribution in [-0.4, -0.2) is 6.54 Å². The first-order valence-electron chi connectivity index (χ1n) is 6.86. The molecule has 0 aliphatic carbocycles. The van der Waals surface area contributed by atoms with E-state index in [1.54, 1.807) is 0 Å². The lowest BCUT2D eigenvalue weighted by Crippen LogP contribution is -2.15. The lowest BCUT2D eigenvalue weighted by Gasteiger charge is -2.08. The zero-order valence-corrected chi connectivity index (χ0v) is 11.8. The summed E-state index contributed by atoms with van der Waals surface area (Å²) in [5.74, 6) is 0.842. The Bertz CT molecular complexity index is 308. The van der Waals surface area contributed by atoms with Gasteiger partial charge in [0.1, 0.15) is 0 Å². The van der Waals surface area contributed by atoms with Crippen LogP contribution in [0.3, 0.4) is 0 Å². The Morgan fingerprint density at radius 2 is 1.65 bits per heavy atom. The molecule has 1 rings (SSSR count). The van der Waals surface area contributed by atoms with Crippen molar-refractivity contribution < 1.29 is 0 Å².